The Kier molecular flexibility index (Phi) is 2.12. The van der Waals surface area contributed by atoms with E-state index in [4.69, 9.17) is 5.84 Å². The second kappa shape index (κ2) is 3.15. The fourth-order valence-electron chi connectivity index (χ4n) is 1.31. The molecular formula is C8H9IN4. The number of benzene rings is 1. The predicted octanol–water partition coefficient (Wildman–Crippen LogP) is 1.46. The van der Waals surface area contributed by atoms with E-state index in [1.54, 1.807) is 0 Å². The zero-order valence-corrected chi connectivity index (χ0v) is 9.24. The van der Waals surface area contributed by atoms with Gasteiger partial charge in [-0.3, -0.25) is 5.43 Å². The summed E-state index contributed by atoms with van der Waals surface area (Å²) in [5.41, 5.74) is 4.63. The minimum atomic E-state index is 0.680. The lowest BCUT2D eigenvalue weighted by Crippen LogP contribution is -2.11. The molecule has 3 N–H and O–H groups in total. The van der Waals surface area contributed by atoms with Crippen molar-refractivity contribution in [3.05, 3.63) is 21.8 Å². The van der Waals surface area contributed by atoms with Crippen LogP contribution in [0, 0.1) is 3.57 Å². The molecule has 1 heterocycles. The maximum atomic E-state index is 5.33. The minimum Gasteiger partial charge on any atom is -0.312 e. The molecule has 0 aliphatic rings. The van der Waals surface area contributed by atoms with Crippen LogP contribution in [0.1, 0.15) is 0 Å². The van der Waals surface area contributed by atoms with E-state index in [9.17, 15) is 0 Å². The predicted molar refractivity (Wildman–Crippen MR) is 61.2 cm³/mol. The molecule has 0 aliphatic carbocycles. The number of rotatable bonds is 1. The molecule has 0 fully saturated rings. The number of para-hydroxylation sites is 1. The Bertz CT molecular complexity index is 449. The third-order valence-electron chi connectivity index (χ3n) is 1.99. The Morgan fingerprint density at radius 1 is 1.54 bits per heavy atom. The van der Waals surface area contributed by atoms with Gasteiger partial charge in [0.1, 0.15) is 5.52 Å². The summed E-state index contributed by atoms with van der Waals surface area (Å²) in [6.45, 7) is 0. The van der Waals surface area contributed by atoms with Crippen LogP contribution in [0.3, 0.4) is 0 Å². The van der Waals surface area contributed by atoms with Crippen molar-refractivity contribution >= 4 is 39.6 Å². The van der Waals surface area contributed by atoms with Crippen molar-refractivity contribution in [2.45, 2.75) is 0 Å². The van der Waals surface area contributed by atoms with Gasteiger partial charge in [0, 0.05) is 10.6 Å². The number of imidazole rings is 1. The fraction of sp³-hybridized carbons (Fsp3) is 0.125. The first-order valence-electron chi connectivity index (χ1n) is 3.81. The third kappa shape index (κ3) is 1.28. The largest absolute Gasteiger partial charge is 0.312 e. The van der Waals surface area contributed by atoms with E-state index >= 15 is 0 Å². The highest BCUT2D eigenvalue weighted by molar-refractivity contribution is 14.1. The maximum Gasteiger partial charge on any atom is 0.218 e. The quantitative estimate of drug-likeness (QED) is 0.474. The van der Waals surface area contributed by atoms with E-state index < -0.39 is 0 Å². The van der Waals surface area contributed by atoms with Gasteiger partial charge in [-0.2, -0.15) is 0 Å². The maximum absolute atomic E-state index is 5.33. The van der Waals surface area contributed by atoms with Crippen LogP contribution in [0.15, 0.2) is 18.2 Å². The van der Waals surface area contributed by atoms with E-state index in [1.807, 2.05) is 29.8 Å². The molecule has 0 spiro atoms. The lowest BCUT2D eigenvalue weighted by Gasteiger charge is -1.98. The molecule has 2 aromatic rings. The first kappa shape index (κ1) is 8.76. The molecule has 2 rings (SSSR count). The highest BCUT2D eigenvalue weighted by Gasteiger charge is 2.07. The second-order valence-electron chi connectivity index (χ2n) is 2.75. The molecule has 0 saturated heterocycles. The molecular weight excluding hydrogens is 279 g/mol. The van der Waals surface area contributed by atoms with Gasteiger partial charge in [-0.15, -0.1) is 0 Å². The highest BCUT2D eigenvalue weighted by Crippen LogP contribution is 2.21. The molecule has 5 heteroatoms. The average molecular weight is 288 g/mol. The van der Waals surface area contributed by atoms with Crippen LogP contribution in [0.25, 0.3) is 11.0 Å². The van der Waals surface area contributed by atoms with Crippen LogP contribution in [0.5, 0.6) is 0 Å². The highest BCUT2D eigenvalue weighted by atomic mass is 127. The Morgan fingerprint density at radius 2 is 2.31 bits per heavy atom. The van der Waals surface area contributed by atoms with E-state index in [0.29, 0.717) is 5.95 Å². The van der Waals surface area contributed by atoms with Crippen molar-refractivity contribution in [2.75, 3.05) is 5.43 Å². The summed E-state index contributed by atoms with van der Waals surface area (Å²) in [6, 6.07) is 6.05. The van der Waals surface area contributed by atoms with Crippen molar-refractivity contribution in [3.8, 4) is 0 Å². The summed E-state index contributed by atoms with van der Waals surface area (Å²) in [5.74, 6) is 6.01. The van der Waals surface area contributed by atoms with Crippen molar-refractivity contribution in [2.24, 2.45) is 12.9 Å². The normalized spacial score (nSPS) is 10.7. The number of hydrazine groups is 1. The SMILES string of the molecule is Cn1c(NN)nc2c(I)cccc21. The minimum absolute atomic E-state index is 0.680. The summed E-state index contributed by atoms with van der Waals surface area (Å²) in [5, 5.41) is 0. The van der Waals surface area contributed by atoms with Crippen molar-refractivity contribution in [1.82, 2.24) is 9.55 Å². The first-order valence-corrected chi connectivity index (χ1v) is 4.89. The number of nitrogens with one attached hydrogen (secondary N) is 1. The number of nitrogen functional groups attached to an aromatic ring is 1. The number of halogens is 1. The Labute approximate surface area is 89.2 Å². The topological polar surface area (TPSA) is 55.9 Å². The molecule has 13 heavy (non-hydrogen) atoms. The lowest BCUT2D eigenvalue weighted by molar-refractivity contribution is 0.942. The number of hydrogen-bond donors (Lipinski definition) is 2. The van der Waals surface area contributed by atoms with E-state index in [0.717, 1.165) is 14.6 Å². The van der Waals surface area contributed by atoms with Crippen LogP contribution < -0.4 is 11.3 Å². The number of aryl methyl sites for hydroxylation is 1. The molecule has 68 valence electrons. The van der Waals surface area contributed by atoms with Crippen LogP contribution in [-0.2, 0) is 7.05 Å². The standard InChI is InChI=1S/C8H9IN4/c1-13-6-4-2-3-5(9)7(6)11-8(13)12-10/h2-4H,10H2,1H3,(H,11,12). The zero-order chi connectivity index (χ0) is 9.42. The molecule has 0 atom stereocenters. The van der Waals surface area contributed by atoms with Crippen LogP contribution in [-0.4, -0.2) is 9.55 Å². The van der Waals surface area contributed by atoms with Gasteiger partial charge in [0.15, 0.2) is 0 Å². The molecule has 0 amide bonds. The molecule has 0 saturated carbocycles. The number of fused-ring (bicyclic) bond motifs is 1. The Balaban J connectivity index is 2.83. The third-order valence-corrected chi connectivity index (χ3v) is 2.86. The fourth-order valence-corrected chi connectivity index (χ4v) is 1.91. The van der Waals surface area contributed by atoms with Crippen LogP contribution in [0.4, 0.5) is 5.95 Å². The van der Waals surface area contributed by atoms with Crippen molar-refractivity contribution < 1.29 is 0 Å². The number of nitrogens with zero attached hydrogens (tertiary/aromatic N) is 2. The summed E-state index contributed by atoms with van der Waals surface area (Å²) in [7, 11) is 1.93. The van der Waals surface area contributed by atoms with E-state index in [2.05, 4.69) is 33.0 Å². The molecule has 1 aromatic heterocycles. The van der Waals surface area contributed by atoms with Crippen LogP contribution in [0.2, 0.25) is 0 Å². The monoisotopic (exact) mass is 288 g/mol. The second-order valence-corrected chi connectivity index (χ2v) is 3.91. The van der Waals surface area contributed by atoms with Gasteiger partial charge >= 0.3 is 0 Å². The lowest BCUT2D eigenvalue weighted by atomic mass is 10.3. The van der Waals surface area contributed by atoms with Gasteiger partial charge in [0.05, 0.1) is 5.52 Å². The molecule has 0 radical (unpaired) electrons. The smallest absolute Gasteiger partial charge is 0.218 e. The molecule has 4 nitrogen and oxygen atoms in total. The van der Waals surface area contributed by atoms with E-state index in [1.165, 1.54) is 0 Å². The Hall–Kier alpha value is -0.820. The van der Waals surface area contributed by atoms with Gasteiger partial charge in [-0.1, -0.05) is 6.07 Å². The number of nitrogens with two attached hydrogens (primary N) is 1. The summed E-state index contributed by atoms with van der Waals surface area (Å²) < 4.78 is 3.06. The number of anilines is 1. The van der Waals surface area contributed by atoms with Gasteiger partial charge in [-0.25, -0.2) is 10.8 Å². The molecule has 1 aromatic carbocycles. The molecule has 0 aliphatic heterocycles. The zero-order valence-electron chi connectivity index (χ0n) is 7.08. The first-order chi connectivity index (χ1) is 6.24. The molecule has 0 bridgehead atoms. The van der Waals surface area contributed by atoms with Crippen LogP contribution >= 0.6 is 22.6 Å². The summed E-state index contributed by atoms with van der Waals surface area (Å²) >= 11 is 2.26. The van der Waals surface area contributed by atoms with Gasteiger partial charge in [-0.05, 0) is 34.7 Å². The number of hydrogen-bond acceptors (Lipinski definition) is 3. The van der Waals surface area contributed by atoms with Gasteiger partial charge in [0.25, 0.3) is 0 Å². The van der Waals surface area contributed by atoms with E-state index in [-0.39, 0.29) is 0 Å². The van der Waals surface area contributed by atoms with Crippen molar-refractivity contribution in [1.29, 1.82) is 0 Å². The Morgan fingerprint density at radius 3 is 2.92 bits per heavy atom. The summed E-state index contributed by atoms with van der Waals surface area (Å²) in [4.78, 5) is 4.35. The molecule has 0 unspecified atom stereocenters. The van der Waals surface area contributed by atoms with Crippen molar-refractivity contribution in [3.63, 3.8) is 0 Å². The number of aromatic nitrogens is 2. The summed E-state index contributed by atoms with van der Waals surface area (Å²) in [6.07, 6.45) is 0. The van der Waals surface area contributed by atoms with Gasteiger partial charge in [0.2, 0.25) is 5.95 Å². The van der Waals surface area contributed by atoms with Gasteiger partial charge < -0.3 is 4.57 Å². The average Bonchev–Trinajstić information content (AvgIpc) is 2.45.